The molecular formula is C26H43BrCl2I3N8Na. The molecule has 0 aliphatic carbocycles. The zero-order valence-electron chi connectivity index (χ0n) is 24.9. The Bertz CT molecular complexity index is 940. The summed E-state index contributed by atoms with van der Waals surface area (Å²) in [4.78, 5) is 17.5. The topological polar surface area (TPSA) is 79.6 Å². The van der Waals surface area contributed by atoms with E-state index >= 15 is 0 Å². The van der Waals surface area contributed by atoms with E-state index in [1.165, 1.54) is 64.8 Å². The molecule has 3 aromatic rings. The number of likely N-dealkylation sites (tertiary alicyclic amines) is 1. The van der Waals surface area contributed by atoms with Crippen molar-refractivity contribution in [2.45, 2.75) is 58.0 Å². The predicted molar refractivity (Wildman–Crippen MR) is 199 cm³/mol. The Morgan fingerprint density at radius 2 is 1.39 bits per heavy atom. The fraction of sp³-hybridized carbons (Fsp3) is 0.654. The predicted octanol–water partition coefficient (Wildman–Crippen LogP) is 4.60. The number of aromatic nitrogens is 6. The average Bonchev–Trinajstić information content (AvgIpc) is 3.79. The monoisotopic (exact) mass is 1020 g/mol. The van der Waals surface area contributed by atoms with Crippen molar-refractivity contribution in [2.75, 3.05) is 49.8 Å². The molecule has 0 bridgehead atoms. The maximum Gasteiger partial charge on any atom is 1.00 e. The van der Waals surface area contributed by atoms with Gasteiger partial charge in [0.25, 0.3) is 0 Å². The van der Waals surface area contributed by atoms with Crippen LogP contribution in [0.15, 0.2) is 37.6 Å². The van der Waals surface area contributed by atoms with E-state index in [4.69, 9.17) is 23.2 Å². The van der Waals surface area contributed by atoms with Gasteiger partial charge in [0.1, 0.15) is 7.40 Å². The van der Waals surface area contributed by atoms with E-state index in [2.05, 4.69) is 125 Å². The van der Waals surface area contributed by atoms with E-state index in [-0.39, 0.29) is 31.0 Å². The van der Waals surface area contributed by atoms with Crippen molar-refractivity contribution in [3.63, 3.8) is 0 Å². The van der Waals surface area contributed by atoms with Crippen LogP contribution in [0.3, 0.4) is 0 Å². The van der Waals surface area contributed by atoms with Crippen molar-refractivity contribution < 1.29 is 31.0 Å². The van der Waals surface area contributed by atoms with Gasteiger partial charge in [-0.3, -0.25) is 0 Å². The minimum atomic E-state index is 0. The molecule has 2 aliphatic heterocycles. The summed E-state index contributed by atoms with van der Waals surface area (Å²) in [7, 11) is 0. The number of hydrogen-bond acceptors (Lipinski definition) is 5. The first-order chi connectivity index (χ1) is 19.5. The van der Waals surface area contributed by atoms with Crippen LogP contribution in [0.4, 0.5) is 0 Å². The van der Waals surface area contributed by atoms with E-state index in [0.717, 1.165) is 54.1 Å². The first-order valence-corrected chi connectivity index (χ1v) is 19.0. The second kappa shape index (κ2) is 30.5. The third kappa shape index (κ3) is 25.7. The number of imidazole rings is 3. The number of rotatable bonds is 9. The molecule has 2 aliphatic rings. The molecule has 8 nitrogen and oxygen atoms in total. The maximum absolute atomic E-state index is 5.52. The van der Waals surface area contributed by atoms with E-state index < -0.39 is 0 Å². The van der Waals surface area contributed by atoms with Gasteiger partial charge in [0, 0.05) is 42.6 Å². The molecule has 15 heteroatoms. The van der Waals surface area contributed by atoms with Crippen molar-refractivity contribution in [2.24, 2.45) is 0 Å². The number of halogens is 6. The number of aryl methyl sites for hydroxylation is 2. The van der Waals surface area contributed by atoms with Crippen LogP contribution in [0.25, 0.3) is 0 Å². The zero-order valence-corrected chi connectivity index (χ0v) is 35.5. The molecular weight excluding hydrogens is 979 g/mol. The third-order valence-electron chi connectivity index (χ3n) is 5.53. The Labute approximate surface area is 329 Å². The van der Waals surface area contributed by atoms with Gasteiger partial charge in [0.2, 0.25) is 0 Å². The zero-order chi connectivity index (χ0) is 29.3. The van der Waals surface area contributed by atoms with Gasteiger partial charge < -0.3 is 25.8 Å². The smallest absolute Gasteiger partial charge is 1.00 e. The van der Waals surface area contributed by atoms with Gasteiger partial charge in [-0.2, -0.15) is 0 Å². The summed E-state index contributed by atoms with van der Waals surface area (Å²) < 4.78 is 7.42. The summed E-state index contributed by atoms with van der Waals surface area (Å²) >= 11 is 20.6. The van der Waals surface area contributed by atoms with Gasteiger partial charge in [0.05, 0.1) is 28.9 Å². The molecule has 5 heterocycles. The van der Waals surface area contributed by atoms with Crippen LogP contribution in [0.1, 0.15) is 46.4 Å². The van der Waals surface area contributed by atoms with Crippen molar-refractivity contribution in [1.82, 2.24) is 39.3 Å². The van der Waals surface area contributed by atoms with Crippen LogP contribution in [0, 0.1) is 11.1 Å². The molecule has 230 valence electrons. The van der Waals surface area contributed by atoms with Crippen molar-refractivity contribution in [3.05, 3.63) is 48.7 Å². The van der Waals surface area contributed by atoms with E-state index in [1.807, 2.05) is 23.4 Å². The van der Waals surface area contributed by atoms with Gasteiger partial charge >= 0.3 is 29.6 Å². The summed E-state index contributed by atoms with van der Waals surface area (Å²) in [6.45, 7) is 8.43. The number of alkyl halides is 3. The fourth-order valence-corrected chi connectivity index (χ4v) is 5.67. The molecule has 41 heavy (non-hydrogen) atoms. The molecule has 0 unspecified atom stereocenters. The van der Waals surface area contributed by atoms with Crippen LogP contribution in [-0.4, -0.2) is 83.8 Å². The molecule has 0 atom stereocenters. The van der Waals surface area contributed by atoms with E-state index in [1.54, 1.807) is 12.5 Å². The minimum Gasteiger partial charge on any atom is -1.00 e. The molecule has 2 N–H and O–H groups in total. The van der Waals surface area contributed by atoms with Gasteiger partial charge in [-0.05, 0) is 145 Å². The van der Waals surface area contributed by atoms with Gasteiger partial charge in [-0.25, -0.2) is 15.0 Å². The Balaban J connectivity index is 0. The number of nitrogens with zero attached hydrogens (tertiary/aromatic N) is 6. The number of aromatic amines is 1. The third-order valence-corrected chi connectivity index (χ3v) is 8.33. The maximum atomic E-state index is 5.52. The van der Waals surface area contributed by atoms with E-state index in [9.17, 15) is 0 Å². The molecule has 0 amide bonds. The summed E-state index contributed by atoms with van der Waals surface area (Å²) in [5.41, 5.74) is 0. The molecule has 3 aromatic heterocycles. The summed E-state index contributed by atoms with van der Waals surface area (Å²) in [6, 6.07) is 0. The molecule has 2 fully saturated rings. The number of H-pyrrole nitrogens is 1. The van der Waals surface area contributed by atoms with Gasteiger partial charge in [-0.15, -0.1) is 23.2 Å². The Morgan fingerprint density at radius 3 is 1.71 bits per heavy atom. The van der Waals surface area contributed by atoms with E-state index in [0.29, 0.717) is 0 Å². The average molecular weight is 1020 g/mol. The Morgan fingerprint density at radius 1 is 0.829 bits per heavy atom. The molecule has 0 spiro atoms. The van der Waals surface area contributed by atoms with Crippen LogP contribution >= 0.6 is 107 Å². The van der Waals surface area contributed by atoms with Gasteiger partial charge in [0.15, 0.2) is 0 Å². The SMILES string of the molecule is C1CCNC1.ClCCCBr.ClCCCn1cnc(I)c1.Ic1cn(CCCN2CCCC2)cn1.Ic1cnc[nH]1.[H-].[Na+]. The molecule has 0 aromatic carbocycles. The molecule has 0 radical (unpaired) electrons. The minimum absolute atomic E-state index is 0. The summed E-state index contributed by atoms with van der Waals surface area (Å²) in [5.74, 6) is 1.49. The van der Waals surface area contributed by atoms with Crippen LogP contribution in [0.2, 0.25) is 0 Å². The molecule has 0 saturated carbocycles. The first-order valence-electron chi connectivity index (χ1n) is 13.6. The quantitative estimate of drug-likeness (QED) is 0.187. The molecule has 5 rings (SSSR count). The first kappa shape index (κ1) is 42.8. The second-order valence-corrected chi connectivity index (χ2v) is 13.8. The normalized spacial score (nSPS) is 13.8. The largest absolute Gasteiger partial charge is 1.00 e. The van der Waals surface area contributed by atoms with Crippen LogP contribution in [-0.2, 0) is 13.1 Å². The number of hydrogen-bond donors (Lipinski definition) is 2. The standard InChI is InChI=1S/C10H16IN3.C6H8ClIN2.C4H9N.C3H6BrCl.C3H3IN2.Na.H/c11-10-8-14(9-12-10)7-3-6-13-4-1-2-5-13;7-2-1-3-10-4-6(8)9-5-10;1-2-4-5-3-1;4-2-1-3-5;4-3-1-5-2-6-3;;/h8-9H,1-7H2;4-5H,1-3H2;5H,1-4H2;1-3H2;1-2H,(H,5,6);;/q;;;;;+1;-1. The van der Waals surface area contributed by atoms with Crippen molar-refractivity contribution in [3.8, 4) is 0 Å². The number of nitrogens with one attached hydrogen (secondary N) is 2. The van der Waals surface area contributed by atoms with Gasteiger partial charge in [-0.1, -0.05) is 15.9 Å². The van der Waals surface area contributed by atoms with Crippen LogP contribution in [0.5, 0.6) is 0 Å². The second-order valence-electron chi connectivity index (χ2n) is 8.90. The van der Waals surface area contributed by atoms with Crippen LogP contribution < -0.4 is 34.9 Å². The van der Waals surface area contributed by atoms with Crippen molar-refractivity contribution in [1.29, 1.82) is 0 Å². The van der Waals surface area contributed by atoms with Crippen molar-refractivity contribution >= 4 is 107 Å². The Kier molecular flexibility index (Phi) is 31.8. The summed E-state index contributed by atoms with van der Waals surface area (Å²) in [5, 5.41) is 4.25. The fourth-order valence-electron chi connectivity index (χ4n) is 3.55. The summed E-state index contributed by atoms with van der Waals surface area (Å²) in [6.07, 6.45) is 20.2. The molecule has 2 saturated heterocycles. The Hall–Kier alpha value is 1.80.